The monoisotopic (exact) mass is 166 g/mol. The molecule has 0 fully saturated rings. The zero-order valence-corrected chi connectivity index (χ0v) is 7.59. The minimum atomic E-state index is -0.376. The van der Waals surface area contributed by atoms with Gasteiger partial charge in [0.25, 0.3) is 0 Å². The molecule has 0 heterocycles. The molecule has 2 heteroatoms. The molecule has 0 aromatic rings. The Morgan fingerprint density at radius 1 is 1.58 bits per heavy atom. The van der Waals surface area contributed by atoms with Crippen LogP contribution in [-0.4, -0.2) is 5.97 Å². The second kappa shape index (κ2) is 5.35. The average Bonchev–Trinajstić information content (AvgIpc) is 2.11. The van der Waals surface area contributed by atoms with Crippen LogP contribution >= 0.6 is 0 Å². The number of rotatable bonds is 4. The summed E-state index contributed by atoms with van der Waals surface area (Å²) in [6, 6.07) is 0. The van der Waals surface area contributed by atoms with Crippen LogP contribution in [0.25, 0.3) is 0 Å². The molecule has 0 aliphatic carbocycles. The molecule has 2 nitrogen and oxygen atoms in total. The van der Waals surface area contributed by atoms with Crippen LogP contribution in [0.2, 0.25) is 0 Å². The number of carbonyl (C=O) groups is 1. The van der Waals surface area contributed by atoms with Crippen molar-refractivity contribution in [2.45, 2.75) is 20.3 Å². The van der Waals surface area contributed by atoms with Crippen LogP contribution in [0.5, 0.6) is 0 Å². The minimum Gasteiger partial charge on any atom is -0.431 e. The van der Waals surface area contributed by atoms with E-state index in [0.29, 0.717) is 12.0 Å². The van der Waals surface area contributed by atoms with Crippen LogP contribution in [0.15, 0.2) is 36.6 Å². The van der Waals surface area contributed by atoms with Gasteiger partial charge < -0.3 is 4.74 Å². The lowest BCUT2D eigenvalue weighted by Crippen LogP contribution is -2.01. The van der Waals surface area contributed by atoms with Gasteiger partial charge in [-0.3, -0.25) is 0 Å². The zero-order valence-electron chi connectivity index (χ0n) is 7.59. The molecule has 0 saturated heterocycles. The highest BCUT2D eigenvalue weighted by Crippen LogP contribution is 2.01. The third-order valence-electron chi connectivity index (χ3n) is 1.39. The summed E-state index contributed by atoms with van der Waals surface area (Å²) in [6.45, 7) is 10.7. The Bertz CT molecular complexity index is 224. The van der Waals surface area contributed by atoms with E-state index in [1.165, 1.54) is 6.26 Å². The highest BCUT2D eigenvalue weighted by molar-refractivity contribution is 5.88. The van der Waals surface area contributed by atoms with E-state index in [2.05, 4.69) is 13.2 Å². The van der Waals surface area contributed by atoms with E-state index in [1.54, 1.807) is 13.0 Å². The van der Waals surface area contributed by atoms with Gasteiger partial charge in [0.1, 0.15) is 0 Å². The Kier molecular flexibility index (Phi) is 4.77. The summed E-state index contributed by atoms with van der Waals surface area (Å²) in [5.41, 5.74) is 1.29. The number of allylic oxidation sites excluding steroid dienone is 2. The number of hydrogen-bond donors (Lipinski definition) is 0. The fourth-order valence-corrected chi connectivity index (χ4v) is 0.422. The van der Waals surface area contributed by atoms with E-state index >= 15 is 0 Å². The van der Waals surface area contributed by atoms with Crippen molar-refractivity contribution in [3.05, 3.63) is 36.6 Å². The summed E-state index contributed by atoms with van der Waals surface area (Å²) >= 11 is 0. The molecule has 0 rings (SSSR count). The summed E-state index contributed by atoms with van der Waals surface area (Å²) in [5, 5.41) is 0. The van der Waals surface area contributed by atoms with E-state index in [9.17, 15) is 4.79 Å². The van der Waals surface area contributed by atoms with E-state index in [1.807, 2.05) is 6.92 Å². The van der Waals surface area contributed by atoms with Crippen LogP contribution in [0.1, 0.15) is 20.3 Å². The lowest BCUT2D eigenvalue weighted by Gasteiger charge is -1.99. The van der Waals surface area contributed by atoms with Gasteiger partial charge in [-0.15, -0.1) is 0 Å². The van der Waals surface area contributed by atoms with Crippen LogP contribution in [0, 0.1) is 0 Å². The van der Waals surface area contributed by atoms with Gasteiger partial charge in [0.2, 0.25) is 0 Å². The molecule has 0 atom stereocenters. The molecule has 0 N–H and O–H groups in total. The summed E-state index contributed by atoms with van der Waals surface area (Å²) in [5.74, 6) is -0.376. The molecular weight excluding hydrogens is 152 g/mol. The van der Waals surface area contributed by atoms with Gasteiger partial charge in [-0.1, -0.05) is 26.2 Å². The fraction of sp³-hybridized carbons (Fsp3) is 0.300. The number of carbonyl (C=O) groups excluding carboxylic acids is 1. The Balaban J connectivity index is 4.03. The molecule has 12 heavy (non-hydrogen) atoms. The summed E-state index contributed by atoms with van der Waals surface area (Å²) < 4.78 is 4.78. The number of ether oxygens (including phenoxy) is 1. The van der Waals surface area contributed by atoms with Crippen molar-refractivity contribution in [1.82, 2.24) is 0 Å². The van der Waals surface area contributed by atoms with Gasteiger partial charge in [-0.25, -0.2) is 4.79 Å². The number of esters is 1. The third-order valence-corrected chi connectivity index (χ3v) is 1.39. The van der Waals surface area contributed by atoms with E-state index < -0.39 is 0 Å². The summed E-state index contributed by atoms with van der Waals surface area (Å²) in [7, 11) is 0. The maximum Gasteiger partial charge on any atom is 0.338 e. The Hall–Kier alpha value is -1.31. The molecular formula is C10H14O2. The second-order valence-corrected chi connectivity index (χ2v) is 2.43. The quantitative estimate of drug-likeness (QED) is 0.278. The molecule has 0 bridgehead atoms. The fourth-order valence-electron chi connectivity index (χ4n) is 0.422. The molecule has 0 aliphatic heterocycles. The topological polar surface area (TPSA) is 26.3 Å². The van der Waals surface area contributed by atoms with Crippen molar-refractivity contribution in [2.75, 3.05) is 0 Å². The van der Waals surface area contributed by atoms with Crippen LogP contribution in [0.3, 0.4) is 0 Å². The van der Waals surface area contributed by atoms with Crippen LogP contribution in [0.4, 0.5) is 0 Å². The molecule has 0 aromatic heterocycles. The Morgan fingerprint density at radius 2 is 2.17 bits per heavy atom. The first-order valence-electron chi connectivity index (χ1n) is 3.79. The van der Waals surface area contributed by atoms with E-state index in [4.69, 9.17) is 4.74 Å². The third kappa shape index (κ3) is 3.76. The van der Waals surface area contributed by atoms with Crippen molar-refractivity contribution in [2.24, 2.45) is 0 Å². The predicted octanol–water partition coefficient (Wildman–Crippen LogP) is 2.59. The highest BCUT2D eigenvalue weighted by atomic mass is 16.5. The normalized spacial score (nSPS) is 10.7. The molecule has 66 valence electrons. The molecule has 0 saturated carbocycles. The van der Waals surface area contributed by atoms with Crippen molar-refractivity contribution >= 4 is 5.97 Å². The molecule has 0 amide bonds. The SMILES string of the molecule is C=CC(C)=COC(=O)C(=C)CC. The van der Waals surface area contributed by atoms with Gasteiger partial charge in [0.15, 0.2) is 0 Å². The molecule has 0 unspecified atom stereocenters. The van der Waals surface area contributed by atoms with Crippen LogP contribution in [-0.2, 0) is 9.53 Å². The smallest absolute Gasteiger partial charge is 0.338 e. The first-order chi connectivity index (χ1) is 5.61. The second-order valence-electron chi connectivity index (χ2n) is 2.43. The molecule has 0 aliphatic rings. The van der Waals surface area contributed by atoms with E-state index in [-0.39, 0.29) is 5.97 Å². The van der Waals surface area contributed by atoms with E-state index in [0.717, 1.165) is 5.57 Å². The summed E-state index contributed by atoms with van der Waals surface area (Å²) in [4.78, 5) is 11.0. The van der Waals surface area contributed by atoms with Crippen molar-refractivity contribution in [1.29, 1.82) is 0 Å². The number of hydrogen-bond acceptors (Lipinski definition) is 2. The molecule has 0 spiro atoms. The maximum absolute atomic E-state index is 11.0. The van der Waals surface area contributed by atoms with Gasteiger partial charge in [-0.2, -0.15) is 0 Å². The Morgan fingerprint density at radius 3 is 2.58 bits per heavy atom. The highest BCUT2D eigenvalue weighted by Gasteiger charge is 2.03. The average molecular weight is 166 g/mol. The largest absolute Gasteiger partial charge is 0.431 e. The molecule has 0 aromatic carbocycles. The van der Waals surface area contributed by atoms with Gasteiger partial charge in [0.05, 0.1) is 6.26 Å². The first-order valence-corrected chi connectivity index (χ1v) is 3.79. The van der Waals surface area contributed by atoms with Crippen molar-refractivity contribution < 1.29 is 9.53 Å². The predicted molar refractivity (Wildman–Crippen MR) is 49.5 cm³/mol. The minimum absolute atomic E-state index is 0.376. The van der Waals surface area contributed by atoms with Crippen molar-refractivity contribution in [3.63, 3.8) is 0 Å². The Labute approximate surface area is 73.2 Å². The lowest BCUT2D eigenvalue weighted by molar-refractivity contribution is -0.133. The zero-order chi connectivity index (χ0) is 9.56. The first kappa shape index (κ1) is 10.7. The lowest BCUT2D eigenvalue weighted by atomic mass is 10.2. The van der Waals surface area contributed by atoms with Gasteiger partial charge in [-0.05, 0) is 18.9 Å². The van der Waals surface area contributed by atoms with Gasteiger partial charge in [0, 0.05) is 5.57 Å². The maximum atomic E-state index is 11.0. The van der Waals surface area contributed by atoms with Crippen LogP contribution < -0.4 is 0 Å². The molecule has 0 radical (unpaired) electrons. The standard InChI is InChI=1S/C10H14O2/c1-5-8(3)7-12-10(11)9(4)6-2/h5,7H,1,4,6H2,2-3H3. The summed E-state index contributed by atoms with van der Waals surface area (Å²) in [6.07, 6.45) is 3.60. The van der Waals surface area contributed by atoms with Gasteiger partial charge >= 0.3 is 5.97 Å². The van der Waals surface area contributed by atoms with Crippen molar-refractivity contribution in [3.8, 4) is 0 Å².